The third-order valence-electron chi connectivity index (χ3n) is 5.05. The molecule has 2 aliphatic rings. The number of carbonyl (C=O) groups is 4. The van der Waals surface area contributed by atoms with E-state index in [1.165, 1.54) is 0 Å². The van der Waals surface area contributed by atoms with E-state index >= 15 is 0 Å². The quantitative estimate of drug-likeness (QED) is 0.619. The van der Waals surface area contributed by atoms with Crippen LogP contribution in [0.25, 0.3) is 0 Å². The number of amides is 5. The van der Waals surface area contributed by atoms with Crippen molar-refractivity contribution in [3.8, 4) is 0 Å². The minimum atomic E-state index is -0.909. The molecule has 2 fully saturated rings. The minimum Gasteiger partial charge on any atom is -0.354 e. The summed E-state index contributed by atoms with van der Waals surface area (Å²) in [6.45, 7) is 1.95. The fourth-order valence-corrected chi connectivity index (χ4v) is 3.51. The van der Waals surface area contributed by atoms with Crippen LogP contribution in [-0.2, 0) is 14.4 Å². The molecule has 0 unspecified atom stereocenters. The van der Waals surface area contributed by atoms with Gasteiger partial charge in [-0.05, 0) is 24.3 Å². The van der Waals surface area contributed by atoms with Gasteiger partial charge in [-0.3, -0.25) is 19.3 Å². The molecule has 1 aliphatic heterocycles. The van der Waals surface area contributed by atoms with Gasteiger partial charge in [-0.1, -0.05) is 50.1 Å². The predicted octanol–water partition coefficient (Wildman–Crippen LogP) is 1.64. The van der Waals surface area contributed by atoms with Gasteiger partial charge < -0.3 is 5.32 Å². The van der Waals surface area contributed by atoms with Gasteiger partial charge in [-0.25, -0.2) is 9.69 Å². The molecule has 0 radical (unpaired) electrons. The van der Waals surface area contributed by atoms with Crippen molar-refractivity contribution in [1.82, 2.24) is 15.1 Å². The van der Waals surface area contributed by atoms with Crippen molar-refractivity contribution in [1.29, 1.82) is 0 Å². The maximum atomic E-state index is 12.4. The molecular weight excluding hydrogens is 334 g/mol. The molecule has 1 aliphatic carbocycles. The SMILES string of the molecule is C[C@H](CNC(=O)CN1C(=O)C(=O)N(C2CCCC2)C1=O)c1ccccc1. The number of hydrogen-bond donors (Lipinski definition) is 1. The second-order valence-electron chi connectivity index (χ2n) is 6.90. The minimum absolute atomic E-state index is 0.0988. The molecule has 7 nitrogen and oxygen atoms in total. The van der Waals surface area contributed by atoms with Gasteiger partial charge in [0.25, 0.3) is 0 Å². The van der Waals surface area contributed by atoms with Crippen molar-refractivity contribution >= 4 is 23.8 Å². The molecule has 1 atom stereocenters. The summed E-state index contributed by atoms with van der Waals surface area (Å²) in [7, 11) is 0. The monoisotopic (exact) mass is 357 g/mol. The normalized spacial score (nSPS) is 19.3. The van der Waals surface area contributed by atoms with E-state index < -0.39 is 30.3 Å². The summed E-state index contributed by atoms with van der Waals surface area (Å²) < 4.78 is 0. The lowest BCUT2D eigenvalue weighted by Gasteiger charge is -2.21. The van der Waals surface area contributed by atoms with Gasteiger partial charge in [-0.15, -0.1) is 0 Å². The Hall–Kier alpha value is -2.70. The fourth-order valence-electron chi connectivity index (χ4n) is 3.51. The third-order valence-corrected chi connectivity index (χ3v) is 5.05. The number of rotatable bonds is 6. The number of carbonyl (C=O) groups excluding carboxylic acids is 4. The second-order valence-corrected chi connectivity index (χ2v) is 6.90. The largest absolute Gasteiger partial charge is 0.354 e. The van der Waals surface area contributed by atoms with E-state index in [0.717, 1.165) is 41.0 Å². The van der Waals surface area contributed by atoms with Gasteiger partial charge in [0.05, 0.1) is 0 Å². The summed E-state index contributed by atoms with van der Waals surface area (Å²) in [5, 5.41) is 2.73. The number of nitrogens with zero attached hydrogens (tertiary/aromatic N) is 2. The molecule has 7 heteroatoms. The predicted molar refractivity (Wildman–Crippen MR) is 94.1 cm³/mol. The highest BCUT2D eigenvalue weighted by molar-refractivity contribution is 6.45. The zero-order valence-corrected chi connectivity index (χ0v) is 14.8. The highest BCUT2D eigenvalue weighted by Gasteiger charge is 2.48. The number of benzene rings is 1. The molecule has 0 aromatic heterocycles. The van der Waals surface area contributed by atoms with Gasteiger partial charge in [0.1, 0.15) is 6.54 Å². The van der Waals surface area contributed by atoms with Gasteiger partial charge in [0.2, 0.25) is 5.91 Å². The van der Waals surface area contributed by atoms with Crippen LogP contribution >= 0.6 is 0 Å². The van der Waals surface area contributed by atoms with Crippen LogP contribution in [0.2, 0.25) is 0 Å². The summed E-state index contributed by atoms with van der Waals surface area (Å²) in [6, 6.07) is 8.84. The molecule has 3 rings (SSSR count). The molecule has 1 saturated heterocycles. The molecule has 1 aromatic carbocycles. The smallest absolute Gasteiger partial charge is 0.334 e. The zero-order chi connectivity index (χ0) is 18.7. The molecule has 0 bridgehead atoms. The van der Waals surface area contributed by atoms with E-state index in [9.17, 15) is 19.2 Å². The molecular formula is C19H23N3O4. The van der Waals surface area contributed by atoms with Crippen molar-refractivity contribution in [2.45, 2.75) is 44.6 Å². The van der Waals surface area contributed by atoms with Crippen LogP contribution in [0.1, 0.15) is 44.1 Å². The van der Waals surface area contributed by atoms with Crippen molar-refractivity contribution in [3.05, 3.63) is 35.9 Å². The Bertz CT molecular complexity index is 713. The molecule has 1 aromatic rings. The standard InChI is InChI=1S/C19H23N3O4/c1-13(14-7-3-2-4-8-14)11-20-16(23)12-21-17(24)18(25)22(19(21)26)15-9-5-6-10-15/h2-4,7-8,13,15H,5-6,9-12H2,1H3,(H,20,23)/t13-/m1/s1. The Labute approximate surface area is 152 Å². The summed E-state index contributed by atoms with van der Waals surface area (Å²) in [6.07, 6.45) is 3.32. The molecule has 1 heterocycles. The molecule has 1 N–H and O–H groups in total. The van der Waals surface area contributed by atoms with E-state index in [1.807, 2.05) is 37.3 Å². The van der Waals surface area contributed by atoms with Crippen LogP contribution < -0.4 is 5.32 Å². The second kappa shape index (κ2) is 7.68. The van der Waals surface area contributed by atoms with Crippen LogP contribution in [0.15, 0.2) is 30.3 Å². The lowest BCUT2D eigenvalue weighted by Crippen LogP contribution is -2.43. The van der Waals surface area contributed by atoms with Crippen LogP contribution in [-0.4, -0.2) is 52.7 Å². The third kappa shape index (κ3) is 3.61. The number of imide groups is 2. The van der Waals surface area contributed by atoms with Crippen molar-refractivity contribution in [3.63, 3.8) is 0 Å². The lowest BCUT2D eigenvalue weighted by molar-refractivity contribution is -0.144. The molecule has 5 amide bonds. The summed E-state index contributed by atoms with van der Waals surface area (Å²) >= 11 is 0. The van der Waals surface area contributed by atoms with Crippen molar-refractivity contribution in [2.75, 3.05) is 13.1 Å². The Kier molecular flexibility index (Phi) is 5.35. The Morgan fingerprint density at radius 3 is 2.42 bits per heavy atom. The van der Waals surface area contributed by atoms with Crippen LogP contribution in [0, 0.1) is 0 Å². The van der Waals surface area contributed by atoms with E-state index in [4.69, 9.17) is 0 Å². The highest BCUT2D eigenvalue weighted by Crippen LogP contribution is 2.27. The topological polar surface area (TPSA) is 86.8 Å². The van der Waals surface area contributed by atoms with Crippen LogP contribution in [0.3, 0.4) is 0 Å². The summed E-state index contributed by atoms with van der Waals surface area (Å²) in [5.41, 5.74) is 1.09. The average Bonchev–Trinajstić information content (AvgIpc) is 3.24. The van der Waals surface area contributed by atoms with Crippen molar-refractivity contribution < 1.29 is 19.2 Å². The van der Waals surface area contributed by atoms with E-state index in [2.05, 4.69) is 5.32 Å². The maximum Gasteiger partial charge on any atom is 0.334 e. The van der Waals surface area contributed by atoms with Crippen molar-refractivity contribution in [2.24, 2.45) is 0 Å². The van der Waals surface area contributed by atoms with E-state index in [-0.39, 0.29) is 12.0 Å². The Morgan fingerprint density at radius 1 is 1.12 bits per heavy atom. The molecule has 26 heavy (non-hydrogen) atoms. The number of urea groups is 1. The first-order chi connectivity index (χ1) is 12.5. The lowest BCUT2D eigenvalue weighted by atomic mass is 10.0. The number of nitrogens with one attached hydrogen (secondary N) is 1. The molecule has 138 valence electrons. The fraction of sp³-hybridized carbons (Fsp3) is 0.474. The summed E-state index contributed by atoms with van der Waals surface area (Å²) in [4.78, 5) is 50.6. The van der Waals surface area contributed by atoms with Gasteiger partial charge >= 0.3 is 17.8 Å². The first kappa shape index (κ1) is 18.1. The van der Waals surface area contributed by atoms with Gasteiger partial charge in [0, 0.05) is 12.6 Å². The maximum absolute atomic E-state index is 12.4. The highest BCUT2D eigenvalue weighted by atomic mass is 16.2. The first-order valence-electron chi connectivity index (χ1n) is 8.99. The Balaban J connectivity index is 1.56. The van der Waals surface area contributed by atoms with E-state index in [1.54, 1.807) is 0 Å². The number of hydrogen-bond acceptors (Lipinski definition) is 4. The van der Waals surface area contributed by atoms with Crippen LogP contribution in [0.5, 0.6) is 0 Å². The molecule has 1 saturated carbocycles. The molecule has 0 spiro atoms. The van der Waals surface area contributed by atoms with Gasteiger partial charge in [-0.2, -0.15) is 0 Å². The van der Waals surface area contributed by atoms with Gasteiger partial charge in [0.15, 0.2) is 0 Å². The first-order valence-corrected chi connectivity index (χ1v) is 8.99. The van der Waals surface area contributed by atoms with E-state index in [0.29, 0.717) is 6.54 Å². The van der Waals surface area contributed by atoms with Crippen LogP contribution in [0.4, 0.5) is 4.79 Å². The summed E-state index contributed by atoms with van der Waals surface area (Å²) in [5.74, 6) is -2.07. The Morgan fingerprint density at radius 2 is 1.77 bits per heavy atom. The zero-order valence-electron chi connectivity index (χ0n) is 14.8. The average molecular weight is 357 g/mol.